The van der Waals surface area contributed by atoms with Crippen molar-refractivity contribution >= 4 is 46.4 Å². The molecule has 0 saturated heterocycles. The van der Waals surface area contributed by atoms with E-state index in [-0.39, 0.29) is 11.6 Å². The molecule has 0 aliphatic rings. The number of nitrogens with zero attached hydrogens (tertiary/aromatic N) is 2. The van der Waals surface area contributed by atoms with E-state index in [1.165, 1.54) is 12.3 Å². The molecule has 0 atom stereocenters. The van der Waals surface area contributed by atoms with E-state index in [0.29, 0.717) is 15.7 Å². The minimum atomic E-state index is -0.444. The minimum absolute atomic E-state index is 0.173. The Bertz CT molecular complexity index is 912. The van der Waals surface area contributed by atoms with E-state index < -0.39 is 5.91 Å². The SMILES string of the molecule is COc1ccc(Nc2nccc(C(=O)Nc3c(Cl)cccc3Cl)n2)cc1. The maximum Gasteiger partial charge on any atom is 0.274 e. The number of ether oxygens (including phenoxy) is 1. The molecule has 2 N–H and O–H groups in total. The maximum atomic E-state index is 12.4. The number of rotatable bonds is 5. The van der Waals surface area contributed by atoms with E-state index >= 15 is 0 Å². The zero-order chi connectivity index (χ0) is 18.5. The second-order valence-corrected chi connectivity index (χ2v) is 5.98. The van der Waals surface area contributed by atoms with Gasteiger partial charge in [-0.25, -0.2) is 9.97 Å². The first-order valence-corrected chi connectivity index (χ1v) is 8.32. The Morgan fingerprint density at radius 1 is 1.04 bits per heavy atom. The number of benzene rings is 2. The predicted octanol–water partition coefficient (Wildman–Crippen LogP) is 4.79. The molecule has 0 aliphatic carbocycles. The van der Waals surface area contributed by atoms with Crippen LogP contribution in [0, 0.1) is 0 Å². The standard InChI is InChI=1S/C18H14Cl2N4O2/c1-26-12-7-5-11(6-8-12)22-18-21-10-9-15(23-18)17(25)24-16-13(19)3-2-4-14(16)20/h2-10H,1H3,(H,24,25)(H,21,22,23). The summed E-state index contributed by atoms with van der Waals surface area (Å²) in [4.78, 5) is 20.8. The molecule has 0 saturated carbocycles. The summed E-state index contributed by atoms with van der Waals surface area (Å²) in [7, 11) is 1.60. The van der Waals surface area contributed by atoms with Gasteiger partial charge in [0.15, 0.2) is 0 Å². The maximum absolute atomic E-state index is 12.4. The molecule has 0 unspecified atom stereocenters. The van der Waals surface area contributed by atoms with Crippen LogP contribution >= 0.6 is 23.2 Å². The van der Waals surface area contributed by atoms with Gasteiger partial charge in [0.05, 0.1) is 22.8 Å². The molecule has 6 nitrogen and oxygen atoms in total. The van der Waals surface area contributed by atoms with Gasteiger partial charge in [0.1, 0.15) is 11.4 Å². The summed E-state index contributed by atoms with van der Waals surface area (Å²) in [6.07, 6.45) is 1.49. The average Bonchev–Trinajstić information content (AvgIpc) is 2.65. The van der Waals surface area contributed by atoms with Crippen molar-refractivity contribution in [3.05, 3.63) is 70.5 Å². The minimum Gasteiger partial charge on any atom is -0.497 e. The molecule has 0 aliphatic heterocycles. The molecular weight excluding hydrogens is 375 g/mol. The van der Waals surface area contributed by atoms with E-state index in [1.54, 1.807) is 37.4 Å². The predicted molar refractivity (Wildman–Crippen MR) is 103 cm³/mol. The highest BCUT2D eigenvalue weighted by Gasteiger charge is 2.13. The van der Waals surface area contributed by atoms with Gasteiger partial charge in [-0.1, -0.05) is 29.3 Å². The van der Waals surface area contributed by atoms with E-state index in [1.807, 2.05) is 12.1 Å². The van der Waals surface area contributed by atoms with Gasteiger partial charge in [-0.2, -0.15) is 0 Å². The number of methoxy groups -OCH3 is 1. The third-order valence-corrected chi connectivity index (χ3v) is 4.07. The fraction of sp³-hybridized carbons (Fsp3) is 0.0556. The first-order valence-electron chi connectivity index (χ1n) is 7.56. The van der Waals surface area contributed by atoms with Gasteiger partial charge in [-0.05, 0) is 42.5 Å². The average molecular weight is 389 g/mol. The number of carbonyl (C=O) groups is 1. The molecule has 1 amide bonds. The van der Waals surface area contributed by atoms with Gasteiger partial charge in [0.2, 0.25) is 5.95 Å². The van der Waals surface area contributed by atoms with Crippen molar-refractivity contribution in [3.8, 4) is 5.75 Å². The summed E-state index contributed by atoms with van der Waals surface area (Å²) >= 11 is 12.1. The number of amides is 1. The number of halogens is 2. The number of aromatic nitrogens is 2. The number of carbonyl (C=O) groups excluding carboxylic acids is 1. The zero-order valence-corrected chi connectivity index (χ0v) is 15.2. The van der Waals surface area contributed by atoms with Crippen molar-refractivity contribution < 1.29 is 9.53 Å². The second kappa shape index (κ2) is 8.03. The fourth-order valence-electron chi connectivity index (χ4n) is 2.14. The molecule has 0 spiro atoms. The van der Waals surface area contributed by atoms with Gasteiger partial charge in [0, 0.05) is 11.9 Å². The number of hydrogen-bond donors (Lipinski definition) is 2. The van der Waals surface area contributed by atoms with Gasteiger partial charge >= 0.3 is 0 Å². The quantitative estimate of drug-likeness (QED) is 0.656. The lowest BCUT2D eigenvalue weighted by molar-refractivity contribution is 0.102. The van der Waals surface area contributed by atoms with E-state index in [9.17, 15) is 4.79 Å². The topological polar surface area (TPSA) is 76.1 Å². The molecule has 1 aromatic heterocycles. The molecule has 132 valence electrons. The van der Waals surface area contributed by atoms with Crippen LogP contribution in [0.2, 0.25) is 10.0 Å². The number of anilines is 3. The molecule has 1 heterocycles. The summed E-state index contributed by atoms with van der Waals surface area (Å²) in [6.45, 7) is 0. The molecule has 26 heavy (non-hydrogen) atoms. The van der Waals surface area contributed by atoms with Gasteiger partial charge in [-0.15, -0.1) is 0 Å². The smallest absolute Gasteiger partial charge is 0.274 e. The highest BCUT2D eigenvalue weighted by molar-refractivity contribution is 6.40. The third kappa shape index (κ3) is 4.22. The first-order chi connectivity index (χ1) is 12.6. The summed E-state index contributed by atoms with van der Waals surface area (Å²) in [6, 6.07) is 13.7. The van der Waals surface area contributed by atoms with Crippen LogP contribution in [-0.2, 0) is 0 Å². The van der Waals surface area contributed by atoms with Crippen molar-refractivity contribution in [2.75, 3.05) is 17.7 Å². The lowest BCUT2D eigenvalue weighted by Crippen LogP contribution is -2.15. The Balaban J connectivity index is 1.76. The van der Waals surface area contributed by atoms with Gasteiger partial charge in [0.25, 0.3) is 5.91 Å². The summed E-state index contributed by atoms with van der Waals surface area (Å²) in [5.41, 5.74) is 1.27. The summed E-state index contributed by atoms with van der Waals surface area (Å²) < 4.78 is 5.11. The molecule has 2 aromatic carbocycles. The Morgan fingerprint density at radius 2 is 1.73 bits per heavy atom. The molecule has 3 aromatic rings. The van der Waals surface area contributed by atoms with Crippen LogP contribution in [-0.4, -0.2) is 23.0 Å². The number of para-hydroxylation sites is 1. The molecule has 0 bridgehead atoms. The Hall–Kier alpha value is -2.83. The van der Waals surface area contributed by atoms with Crippen LogP contribution in [0.25, 0.3) is 0 Å². The molecule has 8 heteroatoms. The second-order valence-electron chi connectivity index (χ2n) is 5.17. The lowest BCUT2D eigenvalue weighted by Gasteiger charge is -2.10. The van der Waals surface area contributed by atoms with Crippen LogP contribution in [0.3, 0.4) is 0 Å². The number of hydrogen-bond acceptors (Lipinski definition) is 5. The fourth-order valence-corrected chi connectivity index (χ4v) is 2.64. The van der Waals surface area contributed by atoms with Crippen LogP contribution in [0.5, 0.6) is 5.75 Å². The van der Waals surface area contributed by atoms with E-state index in [2.05, 4.69) is 20.6 Å². The Morgan fingerprint density at radius 3 is 2.38 bits per heavy atom. The first kappa shape index (κ1) is 18.0. The highest BCUT2D eigenvalue weighted by atomic mass is 35.5. The monoisotopic (exact) mass is 388 g/mol. The van der Waals surface area contributed by atoms with E-state index in [0.717, 1.165) is 11.4 Å². The summed E-state index contributed by atoms with van der Waals surface area (Å²) in [5, 5.41) is 6.38. The van der Waals surface area contributed by atoms with Crippen LogP contribution in [0.15, 0.2) is 54.7 Å². The molecule has 0 fully saturated rings. The van der Waals surface area contributed by atoms with Gasteiger partial charge < -0.3 is 15.4 Å². The van der Waals surface area contributed by atoms with Gasteiger partial charge in [-0.3, -0.25) is 4.79 Å². The van der Waals surface area contributed by atoms with Crippen LogP contribution in [0.1, 0.15) is 10.5 Å². The van der Waals surface area contributed by atoms with Crippen molar-refractivity contribution in [1.29, 1.82) is 0 Å². The Kier molecular flexibility index (Phi) is 5.55. The van der Waals surface area contributed by atoms with Crippen molar-refractivity contribution in [2.24, 2.45) is 0 Å². The molecule has 0 radical (unpaired) electrons. The highest BCUT2D eigenvalue weighted by Crippen LogP contribution is 2.30. The summed E-state index contributed by atoms with van der Waals surface area (Å²) in [5.74, 6) is 0.578. The Labute approximate surface area is 160 Å². The van der Waals surface area contributed by atoms with Crippen LogP contribution < -0.4 is 15.4 Å². The normalized spacial score (nSPS) is 10.3. The third-order valence-electron chi connectivity index (χ3n) is 3.44. The van der Waals surface area contributed by atoms with Crippen molar-refractivity contribution in [1.82, 2.24) is 9.97 Å². The largest absolute Gasteiger partial charge is 0.497 e. The molecule has 3 rings (SSSR count). The number of nitrogens with one attached hydrogen (secondary N) is 2. The van der Waals surface area contributed by atoms with Crippen LogP contribution in [0.4, 0.5) is 17.3 Å². The van der Waals surface area contributed by atoms with Crippen molar-refractivity contribution in [2.45, 2.75) is 0 Å². The zero-order valence-electron chi connectivity index (χ0n) is 13.7. The lowest BCUT2D eigenvalue weighted by atomic mass is 10.3. The van der Waals surface area contributed by atoms with E-state index in [4.69, 9.17) is 27.9 Å². The van der Waals surface area contributed by atoms with Crippen molar-refractivity contribution in [3.63, 3.8) is 0 Å². The molecular formula is C18H14Cl2N4O2.